The van der Waals surface area contributed by atoms with Gasteiger partial charge in [0.2, 0.25) is 5.95 Å². The number of halogens is 1. The highest BCUT2D eigenvalue weighted by molar-refractivity contribution is 6.31. The maximum Gasteiger partial charge on any atom is 0.307 e. The van der Waals surface area contributed by atoms with Crippen molar-refractivity contribution in [2.45, 2.75) is 6.42 Å². The number of methoxy groups -OCH3 is 1. The van der Waals surface area contributed by atoms with Gasteiger partial charge in [-0.25, -0.2) is 9.50 Å². The Balaban J connectivity index is 1.82. The molecule has 1 aromatic carbocycles. The van der Waals surface area contributed by atoms with E-state index in [1.807, 2.05) is 6.07 Å². The number of nitrogens with one attached hydrogen (secondary N) is 2. The van der Waals surface area contributed by atoms with Gasteiger partial charge >= 0.3 is 5.97 Å². The van der Waals surface area contributed by atoms with E-state index in [2.05, 4.69) is 25.1 Å². The lowest BCUT2D eigenvalue weighted by Crippen LogP contribution is -2.10. The lowest BCUT2D eigenvalue weighted by molar-refractivity contribution is -0.140. The molecule has 0 atom stereocenters. The second kappa shape index (κ2) is 5.01. The monoisotopic (exact) mass is 293 g/mol. The summed E-state index contributed by atoms with van der Waals surface area (Å²) in [6, 6.07) is 5.45. The van der Waals surface area contributed by atoms with Gasteiger partial charge in [-0.2, -0.15) is 4.98 Å². The van der Waals surface area contributed by atoms with Crippen molar-refractivity contribution in [3.05, 3.63) is 23.2 Å². The van der Waals surface area contributed by atoms with Crippen molar-refractivity contribution in [2.24, 2.45) is 0 Å². The Bertz CT molecular complexity index is 779. The molecule has 0 aliphatic heterocycles. The predicted molar refractivity (Wildman–Crippen MR) is 75.0 cm³/mol. The summed E-state index contributed by atoms with van der Waals surface area (Å²) in [6.45, 7) is 0.438. The molecule has 0 unspecified atom stereocenters. The van der Waals surface area contributed by atoms with E-state index in [1.54, 1.807) is 16.6 Å². The summed E-state index contributed by atoms with van der Waals surface area (Å²) < 4.78 is 6.32. The van der Waals surface area contributed by atoms with Crippen LogP contribution in [0.25, 0.3) is 16.8 Å². The number of fused-ring (bicyclic) bond motifs is 3. The number of ether oxygens (including phenoxy) is 1. The number of carbonyl (C=O) groups excluding carboxylic acids is 1. The zero-order chi connectivity index (χ0) is 14.1. The SMILES string of the molecule is COC(=O)CCNc1nc2nc3cc(Cl)ccc3n2[nH]1. The summed E-state index contributed by atoms with van der Waals surface area (Å²) in [4.78, 5) is 19.7. The van der Waals surface area contributed by atoms with Crippen LogP contribution < -0.4 is 5.32 Å². The number of aromatic nitrogens is 4. The Morgan fingerprint density at radius 2 is 2.35 bits per heavy atom. The summed E-state index contributed by atoms with van der Waals surface area (Å²) in [5.41, 5.74) is 1.66. The van der Waals surface area contributed by atoms with Crippen molar-refractivity contribution in [2.75, 3.05) is 19.0 Å². The number of anilines is 1. The van der Waals surface area contributed by atoms with Gasteiger partial charge in [0.25, 0.3) is 5.78 Å². The van der Waals surface area contributed by atoms with Crippen LogP contribution in [0.1, 0.15) is 6.42 Å². The molecule has 0 saturated heterocycles. The molecule has 0 fully saturated rings. The average Bonchev–Trinajstić information content (AvgIpc) is 2.94. The first kappa shape index (κ1) is 12.7. The molecule has 0 bridgehead atoms. The summed E-state index contributed by atoms with van der Waals surface area (Å²) in [6.07, 6.45) is 0.274. The van der Waals surface area contributed by atoms with E-state index in [4.69, 9.17) is 11.6 Å². The molecule has 7 nitrogen and oxygen atoms in total. The van der Waals surface area contributed by atoms with Gasteiger partial charge in [0.1, 0.15) is 0 Å². The van der Waals surface area contributed by atoms with Gasteiger partial charge in [0, 0.05) is 11.6 Å². The molecule has 0 aliphatic carbocycles. The largest absolute Gasteiger partial charge is 0.469 e. The average molecular weight is 294 g/mol. The molecule has 0 aliphatic rings. The molecule has 8 heteroatoms. The van der Waals surface area contributed by atoms with Gasteiger partial charge in [-0.15, -0.1) is 0 Å². The molecule has 20 heavy (non-hydrogen) atoms. The molecular formula is C12H12ClN5O2. The Kier molecular flexibility index (Phi) is 3.19. The van der Waals surface area contributed by atoms with E-state index >= 15 is 0 Å². The molecule has 2 aromatic heterocycles. The molecule has 0 radical (unpaired) electrons. The Labute approximate surface area is 118 Å². The van der Waals surface area contributed by atoms with Crippen LogP contribution >= 0.6 is 11.6 Å². The first-order chi connectivity index (χ1) is 9.67. The number of hydrogen-bond donors (Lipinski definition) is 2. The van der Waals surface area contributed by atoms with E-state index in [1.165, 1.54) is 7.11 Å². The first-order valence-electron chi connectivity index (χ1n) is 6.02. The molecule has 2 N–H and O–H groups in total. The van der Waals surface area contributed by atoms with Crippen LogP contribution in [0.2, 0.25) is 5.02 Å². The third-order valence-electron chi connectivity index (χ3n) is 2.88. The number of nitrogens with zero attached hydrogens (tertiary/aromatic N) is 3. The second-order valence-electron chi connectivity index (χ2n) is 4.21. The van der Waals surface area contributed by atoms with Gasteiger partial charge in [-0.1, -0.05) is 11.6 Å². The number of esters is 1. The number of rotatable bonds is 4. The predicted octanol–water partition coefficient (Wildman–Crippen LogP) is 1.84. The lowest BCUT2D eigenvalue weighted by atomic mass is 10.3. The Morgan fingerprint density at radius 3 is 3.15 bits per heavy atom. The van der Waals surface area contributed by atoms with Crippen molar-refractivity contribution in [3.8, 4) is 0 Å². The summed E-state index contributed by atoms with van der Waals surface area (Å²) in [7, 11) is 1.36. The highest BCUT2D eigenvalue weighted by Crippen LogP contribution is 2.20. The maximum absolute atomic E-state index is 11.0. The summed E-state index contributed by atoms with van der Waals surface area (Å²) >= 11 is 5.92. The van der Waals surface area contributed by atoms with Gasteiger partial charge in [0.15, 0.2) is 0 Å². The third kappa shape index (κ3) is 2.27. The zero-order valence-corrected chi connectivity index (χ0v) is 11.4. The molecule has 2 heterocycles. The number of hydrogen-bond acceptors (Lipinski definition) is 5. The van der Waals surface area contributed by atoms with Crippen LogP contribution in [-0.2, 0) is 9.53 Å². The Hall–Kier alpha value is -2.28. The summed E-state index contributed by atoms with van der Waals surface area (Å²) in [5, 5.41) is 6.71. The number of aromatic amines is 1. The molecular weight excluding hydrogens is 282 g/mol. The second-order valence-corrected chi connectivity index (χ2v) is 4.64. The minimum atomic E-state index is -0.270. The highest BCUT2D eigenvalue weighted by Gasteiger charge is 2.10. The topological polar surface area (TPSA) is 84.3 Å². The van der Waals surface area contributed by atoms with Crippen molar-refractivity contribution < 1.29 is 9.53 Å². The molecule has 0 amide bonds. The van der Waals surface area contributed by atoms with Crippen LogP contribution in [0.5, 0.6) is 0 Å². The normalized spacial score (nSPS) is 11.1. The van der Waals surface area contributed by atoms with E-state index in [0.29, 0.717) is 23.3 Å². The van der Waals surface area contributed by atoms with Crippen LogP contribution in [-0.4, -0.2) is 39.2 Å². The molecule has 0 spiro atoms. The fourth-order valence-corrected chi connectivity index (χ4v) is 2.09. The quantitative estimate of drug-likeness (QED) is 0.717. The van der Waals surface area contributed by atoms with Crippen molar-refractivity contribution in [1.82, 2.24) is 19.6 Å². The smallest absolute Gasteiger partial charge is 0.307 e. The van der Waals surface area contributed by atoms with Crippen LogP contribution in [0, 0.1) is 0 Å². The number of H-pyrrole nitrogens is 1. The first-order valence-corrected chi connectivity index (χ1v) is 6.39. The number of carbonyl (C=O) groups is 1. The molecule has 3 rings (SSSR count). The zero-order valence-electron chi connectivity index (χ0n) is 10.7. The van der Waals surface area contributed by atoms with Crippen LogP contribution in [0.15, 0.2) is 18.2 Å². The molecule has 0 saturated carbocycles. The highest BCUT2D eigenvalue weighted by atomic mass is 35.5. The van der Waals surface area contributed by atoms with Crippen molar-refractivity contribution in [3.63, 3.8) is 0 Å². The number of benzene rings is 1. The standard InChI is InChI=1S/C12H12ClN5O2/c1-20-10(19)4-5-14-11-16-12-15-8-6-7(13)2-3-9(8)18(12)17-11/h2-3,6H,4-5H2,1H3,(H2,14,15,16,17). The van der Waals surface area contributed by atoms with Gasteiger partial charge < -0.3 is 10.1 Å². The van der Waals surface area contributed by atoms with Crippen molar-refractivity contribution >= 4 is 40.3 Å². The fourth-order valence-electron chi connectivity index (χ4n) is 1.92. The van der Waals surface area contributed by atoms with Crippen LogP contribution in [0.4, 0.5) is 5.95 Å². The fraction of sp³-hybridized carbons (Fsp3) is 0.250. The van der Waals surface area contributed by atoms with E-state index < -0.39 is 0 Å². The maximum atomic E-state index is 11.0. The van der Waals surface area contributed by atoms with E-state index in [-0.39, 0.29) is 12.4 Å². The van der Waals surface area contributed by atoms with Crippen LogP contribution in [0.3, 0.4) is 0 Å². The summed E-state index contributed by atoms with van der Waals surface area (Å²) in [5.74, 6) is 0.824. The van der Waals surface area contributed by atoms with Crippen molar-refractivity contribution in [1.29, 1.82) is 0 Å². The van der Waals surface area contributed by atoms with Gasteiger partial charge in [0.05, 0.1) is 24.6 Å². The minimum absolute atomic E-state index is 0.270. The molecule has 3 aromatic rings. The third-order valence-corrected chi connectivity index (χ3v) is 3.11. The van der Waals surface area contributed by atoms with Gasteiger partial charge in [-0.3, -0.25) is 9.89 Å². The lowest BCUT2D eigenvalue weighted by Gasteiger charge is -2.00. The van der Waals surface area contributed by atoms with Gasteiger partial charge in [-0.05, 0) is 18.2 Å². The molecule has 104 valence electrons. The Morgan fingerprint density at radius 1 is 1.50 bits per heavy atom. The number of imidazole rings is 1. The van der Waals surface area contributed by atoms with E-state index in [0.717, 1.165) is 11.0 Å². The van der Waals surface area contributed by atoms with E-state index in [9.17, 15) is 4.79 Å². The minimum Gasteiger partial charge on any atom is -0.469 e.